The molecule has 0 bridgehead atoms. The summed E-state index contributed by atoms with van der Waals surface area (Å²) in [7, 11) is 1.56. The molecule has 7 heteroatoms. The zero-order valence-electron chi connectivity index (χ0n) is 15.9. The average Bonchev–Trinajstić information content (AvgIpc) is 2.61. The van der Waals surface area contributed by atoms with Crippen LogP contribution in [-0.4, -0.2) is 67.4 Å². The number of hydrogen-bond donors (Lipinski definition) is 0. The van der Waals surface area contributed by atoms with E-state index in [1.54, 1.807) is 21.8 Å². The number of methoxy groups -OCH3 is 1. The molecule has 2 rings (SSSR count). The highest BCUT2D eigenvalue weighted by atomic mass is 16.5. The van der Waals surface area contributed by atoms with Gasteiger partial charge in [-0.2, -0.15) is 0 Å². The van der Waals surface area contributed by atoms with Crippen LogP contribution in [0.4, 0.5) is 5.69 Å². The van der Waals surface area contributed by atoms with Crippen molar-refractivity contribution in [3.8, 4) is 5.75 Å². The van der Waals surface area contributed by atoms with Gasteiger partial charge in [0.25, 0.3) is 0 Å². The maximum Gasteiger partial charge on any atom is 0.224 e. The summed E-state index contributed by atoms with van der Waals surface area (Å²) in [5.74, 6) is 0.494. The quantitative estimate of drug-likeness (QED) is 0.796. The molecule has 142 valence electrons. The van der Waals surface area contributed by atoms with Crippen molar-refractivity contribution in [3.63, 3.8) is 0 Å². The van der Waals surface area contributed by atoms with E-state index in [-0.39, 0.29) is 24.1 Å². The number of anilines is 1. The predicted molar refractivity (Wildman–Crippen MR) is 99.2 cm³/mol. The molecule has 0 spiro atoms. The molecule has 0 N–H and O–H groups in total. The number of ether oxygens (including phenoxy) is 1. The second kappa shape index (κ2) is 8.69. The van der Waals surface area contributed by atoms with Gasteiger partial charge in [-0.15, -0.1) is 0 Å². The van der Waals surface area contributed by atoms with Crippen LogP contribution >= 0.6 is 0 Å². The van der Waals surface area contributed by atoms with Crippen LogP contribution in [0.3, 0.4) is 0 Å². The highest BCUT2D eigenvalue weighted by Gasteiger charge is 2.24. The number of amides is 3. The first-order valence-corrected chi connectivity index (χ1v) is 8.79. The molecular weight excluding hydrogens is 334 g/mol. The molecule has 1 aliphatic rings. The van der Waals surface area contributed by atoms with Gasteiger partial charge in [0.05, 0.1) is 12.8 Å². The minimum absolute atomic E-state index is 0.00827. The van der Waals surface area contributed by atoms with Gasteiger partial charge in [0.15, 0.2) is 0 Å². The van der Waals surface area contributed by atoms with E-state index in [1.165, 1.54) is 13.8 Å². The van der Waals surface area contributed by atoms with Crippen molar-refractivity contribution in [2.24, 2.45) is 0 Å². The standard InChI is InChI=1S/C19H27N3O4/c1-14-5-6-18(26-4)17(13-14)22(16(3)24)8-7-19(25)21-11-9-20(10-12-21)15(2)23/h5-6,13H,7-12H2,1-4H3. The van der Waals surface area contributed by atoms with Crippen LogP contribution < -0.4 is 9.64 Å². The van der Waals surface area contributed by atoms with Crippen molar-refractivity contribution in [2.45, 2.75) is 27.2 Å². The first-order valence-electron chi connectivity index (χ1n) is 8.79. The smallest absolute Gasteiger partial charge is 0.224 e. The lowest BCUT2D eigenvalue weighted by Gasteiger charge is -2.34. The molecule has 0 saturated carbocycles. The van der Waals surface area contributed by atoms with Gasteiger partial charge >= 0.3 is 0 Å². The van der Waals surface area contributed by atoms with Crippen LogP contribution in [0, 0.1) is 6.92 Å². The number of aryl methyl sites for hydroxylation is 1. The normalized spacial score (nSPS) is 14.2. The lowest BCUT2D eigenvalue weighted by Crippen LogP contribution is -2.50. The molecule has 1 aromatic rings. The Balaban J connectivity index is 2.01. The van der Waals surface area contributed by atoms with Gasteiger partial charge in [0.1, 0.15) is 5.75 Å². The molecule has 0 aliphatic carbocycles. The summed E-state index contributed by atoms with van der Waals surface area (Å²) >= 11 is 0. The Kier molecular flexibility index (Phi) is 6.60. The fourth-order valence-electron chi connectivity index (χ4n) is 3.09. The third kappa shape index (κ3) is 4.74. The fraction of sp³-hybridized carbons (Fsp3) is 0.526. The van der Waals surface area contributed by atoms with Gasteiger partial charge < -0.3 is 19.4 Å². The van der Waals surface area contributed by atoms with Crippen LogP contribution in [0.15, 0.2) is 18.2 Å². The lowest BCUT2D eigenvalue weighted by molar-refractivity contribution is -0.138. The Morgan fingerprint density at radius 2 is 1.69 bits per heavy atom. The van der Waals surface area contributed by atoms with Crippen molar-refractivity contribution in [3.05, 3.63) is 23.8 Å². The average molecular weight is 361 g/mol. The molecule has 1 saturated heterocycles. The third-order valence-corrected chi connectivity index (χ3v) is 4.63. The maximum absolute atomic E-state index is 12.5. The van der Waals surface area contributed by atoms with E-state index in [1.807, 2.05) is 25.1 Å². The van der Waals surface area contributed by atoms with E-state index in [0.29, 0.717) is 44.2 Å². The molecule has 7 nitrogen and oxygen atoms in total. The second-order valence-corrected chi connectivity index (χ2v) is 6.48. The largest absolute Gasteiger partial charge is 0.495 e. The van der Waals surface area contributed by atoms with Crippen molar-refractivity contribution >= 4 is 23.4 Å². The first kappa shape index (κ1) is 19.8. The minimum Gasteiger partial charge on any atom is -0.495 e. The Labute approximate surface area is 154 Å². The summed E-state index contributed by atoms with van der Waals surface area (Å²) in [4.78, 5) is 41.1. The molecule has 1 fully saturated rings. The summed E-state index contributed by atoms with van der Waals surface area (Å²) in [5.41, 5.74) is 1.69. The van der Waals surface area contributed by atoms with Crippen LogP contribution in [-0.2, 0) is 14.4 Å². The molecule has 0 unspecified atom stereocenters. The summed E-state index contributed by atoms with van der Waals surface area (Å²) in [5, 5.41) is 0. The number of piperazine rings is 1. The van der Waals surface area contributed by atoms with Gasteiger partial charge in [-0.05, 0) is 24.6 Å². The lowest BCUT2D eigenvalue weighted by atomic mass is 10.1. The SMILES string of the molecule is COc1ccc(C)cc1N(CCC(=O)N1CCN(C(C)=O)CC1)C(C)=O. The van der Waals surface area contributed by atoms with Crippen LogP contribution in [0.2, 0.25) is 0 Å². The minimum atomic E-state index is -0.136. The molecule has 0 radical (unpaired) electrons. The Morgan fingerprint density at radius 3 is 2.23 bits per heavy atom. The number of hydrogen-bond acceptors (Lipinski definition) is 4. The second-order valence-electron chi connectivity index (χ2n) is 6.48. The van der Waals surface area contributed by atoms with Gasteiger partial charge in [0, 0.05) is 53.0 Å². The Bertz CT molecular complexity index is 681. The number of rotatable bonds is 5. The van der Waals surface area contributed by atoms with E-state index < -0.39 is 0 Å². The molecule has 26 heavy (non-hydrogen) atoms. The van der Waals surface area contributed by atoms with Crippen molar-refractivity contribution in [2.75, 3.05) is 44.7 Å². The summed E-state index contributed by atoms with van der Waals surface area (Å²) in [6, 6.07) is 5.63. The number of carbonyl (C=O) groups excluding carboxylic acids is 3. The molecular formula is C19H27N3O4. The van der Waals surface area contributed by atoms with Crippen molar-refractivity contribution < 1.29 is 19.1 Å². The molecule has 1 aliphatic heterocycles. The van der Waals surface area contributed by atoms with Crippen molar-refractivity contribution in [1.82, 2.24) is 9.80 Å². The van der Waals surface area contributed by atoms with E-state index in [9.17, 15) is 14.4 Å². The number of carbonyl (C=O) groups is 3. The molecule has 3 amide bonds. The zero-order valence-corrected chi connectivity index (χ0v) is 15.9. The first-order chi connectivity index (χ1) is 12.3. The van der Waals surface area contributed by atoms with Gasteiger partial charge in [-0.3, -0.25) is 14.4 Å². The monoisotopic (exact) mass is 361 g/mol. The Morgan fingerprint density at radius 1 is 1.08 bits per heavy atom. The molecule has 1 heterocycles. The highest BCUT2D eigenvalue weighted by molar-refractivity contribution is 5.94. The number of benzene rings is 1. The van der Waals surface area contributed by atoms with Gasteiger partial charge in [-0.1, -0.05) is 6.07 Å². The molecule has 0 atom stereocenters. The van der Waals surface area contributed by atoms with E-state index in [2.05, 4.69) is 0 Å². The van der Waals surface area contributed by atoms with Gasteiger partial charge in [-0.25, -0.2) is 0 Å². The predicted octanol–water partition coefficient (Wildman–Crippen LogP) is 1.44. The summed E-state index contributed by atoms with van der Waals surface area (Å²) in [6.07, 6.45) is 0.233. The van der Waals surface area contributed by atoms with E-state index in [4.69, 9.17) is 4.74 Å². The highest BCUT2D eigenvalue weighted by Crippen LogP contribution is 2.29. The number of nitrogens with zero attached hydrogens (tertiary/aromatic N) is 3. The Hall–Kier alpha value is -2.57. The van der Waals surface area contributed by atoms with Crippen LogP contribution in [0.1, 0.15) is 25.8 Å². The van der Waals surface area contributed by atoms with Crippen molar-refractivity contribution in [1.29, 1.82) is 0 Å². The third-order valence-electron chi connectivity index (χ3n) is 4.63. The van der Waals surface area contributed by atoms with E-state index in [0.717, 1.165) is 5.56 Å². The molecule has 1 aromatic carbocycles. The van der Waals surface area contributed by atoms with Gasteiger partial charge in [0.2, 0.25) is 17.7 Å². The van der Waals surface area contributed by atoms with E-state index >= 15 is 0 Å². The summed E-state index contributed by atoms with van der Waals surface area (Å²) in [6.45, 7) is 7.45. The summed E-state index contributed by atoms with van der Waals surface area (Å²) < 4.78 is 5.36. The van der Waals surface area contributed by atoms with Crippen LogP contribution in [0.5, 0.6) is 5.75 Å². The fourth-order valence-corrected chi connectivity index (χ4v) is 3.09. The topological polar surface area (TPSA) is 70.2 Å². The molecule has 0 aromatic heterocycles. The zero-order chi connectivity index (χ0) is 19.3. The maximum atomic E-state index is 12.5. The van der Waals surface area contributed by atoms with Crippen LogP contribution in [0.25, 0.3) is 0 Å².